The molecule has 1 saturated carbocycles. The molecular formula is C49H36N4. The van der Waals surface area contributed by atoms with Crippen molar-refractivity contribution in [2.75, 3.05) is 9.80 Å². The lowest BCUT2D eigenvalue weighted by atomic mass is 9.72. The molecule has 1 spiro atoms. The molecule has 2 aromatic heterocycles. The Bertz CT molecular complexity index is 2850. The van der Waals surface area contributed by atoms with E-state index in [4.69, 9.17) is 9.97 Å². The monoisotopic (exact) mass is 680 g/mol. The maximum absolute atomic E-state index is 4.98. The summed E-state index contributed by atoms with van der Waals surface area (Å²) < 4.78 is 0. The molecule has 2 unspecified atom stereocenters. The maximum Gasteiger partial charge on any atom is 0.137 e. The number of fused-ring (bicyclic) bond motifs is 2. The number of nitrogens with zero attached hydrogens (tertiary/aromatic N) is 4. The van der Waals surface area contributed by atoms with E-state index in [1.807, 2.05) is 24.5 Å². The lowest BCUT2D eigenvalue weighted by Crippen LogP contribution is -2.28. The summed E-state index contributed by atoms with van der Waals surface area (Å²) in [6.07, 6.45) is 12.3. The van der Waals surface area contributed by atoms with Gasteiger partial charge in [0.2, 0.25) is 0 Å². The van der Waals surface area contributed by atoms with E-state index in [0.717, 1.165) is 35.1 Å². The summed E-state index contributed by atoms with van der Waals surface area (Å²) in [7, 11) is 0. The van der Waals surface area contributed by atoms with E-state index >= 15 is 0 Å². The molecule has 3 aliphatic carbocycles. The van der Waals surface area contributed by atoms with Crippen LogP contribution in [-0.2, 0) is 5.41 Å². The van der Waals surface area contributed by atoms with Crippen molar-refractivity contribution in [2.45, 2.75) is 25.7 Å². The molecule has 4 heteroatoms. The van der Waals surface area contributed by atoms with Gasteiger partial charge in [-0.3, -0.25) is 9.80 Å². The molecule has 2 heterocycles. The Balaban J connectivity index is 1.21. The number of hydrogen-bond acceptors (Lipinski definition) is 4. The molecule has 2 atom stereocenters. The Kier molecular flexibility index (Phi) is 6.25. The summed E-state index contributed by atoms with van der Waals surface area (Å²) in [5.74, 6) is 1.81. The average molecular weight is 681 g/mol. The smallest absolute Gasteiger partial charge is 0.137 e. The minimum atomic E-state index is -0.0762. The predicted molar refractivity (Wildman–Crippen MR) is 220 cm³/mol. The van der Waals surface area contributed by atoms with Gasteiger partial charge in [-0.15, -0.1) is 0 Å². The SMILES string of the molecule is Cc1cc(N(c2ccccn2)c2cccc3ccccc23)c2c3c4c(ccc13)C(N(c1ccccn1)c1cccc3ccccc13)=CC1(C)CC41C=C2. The summed E-state index contributed by atoms with van der Waals surface area (Å²) in [6.45, 7) is 4.71. The van der Waals surface area contributed by atoms with Crippen molar-refractivity contribution in [3.63, 3.8) is 0 Å². The van der Waals surface area contributed by atoms with Crippen molar-refractivity contribution in [3.05, 3.63) is 186 Å². The van der Waals surface area contributed by atoms with Crippen LogP contribution >= 0.6 is 0 Å². The van der Waals surface area contributed by atoms with Crippen molar-refractivity contribution in [1.82, 2.24) is 9.97 Å². The third kappa shape index (κ3) is 4.24. The quantitative estimate of drug-likeness (QED) is 0.175. The lowest BCUT2D eigenvalue weighted by molar-refractivity contribution is 0.627. The molecule has 53 heavy (non-hydrogen) atoms. The van der Waals surface area contributed by atoms with Gasteiger partial charge in [0.05, 0.1) is 22.8 Å². The van der Waals surface area contributed by atoms with Crippen LogP contribution in [-0.4, -0.2) is 9.97 Å². The zero-order chi connectivity index (χ0) is 35.3. The van der Waals surface area contributed by atoms with Crippen LogP contribution in [0.1, 0.15) is 35.6 Å². The summed E-state index contributed by atoms with van der Waals surface area (Å²) in [6, 6.07) is 50.0. The minimum Gasteiger partial charge on any atom is -0.294 e. The van der Waals surface area contributed by atoms with Crippen LogP contribution in [0.3, 0.4) is 0 Å². The molecule has 4 nitrogen and oxygen atoms in total. The fourth-order valence-electron chi connectivity index (χ4n) is 9.47. The average Bonchev–Trinajstić information content (AvgIpc) is 3.82. The molecule has 1 fully saturated rings. The van der Waals surface area contributed by atoms with E-state index in [0.29, 0.717) is 0 Å². The highest BCUT2D eigenvalue weighted by Gasteiger charge is 2.66. The first-order valence-corrected chi connectivity index (χ1v) is 18.5. The normalized spacial score (nSPS) is 19.2. The fourth-order valence-corrected chi connectivity index (χ4v) is 9.47. The third-order valence-corrected chi connectivity index (χ3v) is 12.0. The summed E-state index contributed by atoms with van der Waals surface area (Å²) in [4.78, 5) is 14.7. The molecule has 0 saturated heterocycles. The van der Waals surface area contributed by atoms with Crippen LogP contribution in [0.2, 0.25) is 0 Å². The molecule has 0 aliphatic heterocycles. The molecule has 6 aromatic carbocycles. The second-order valence-corrected chi connectivity index (χ2v) is 15.0. The van der Waals surface area contributed by atoms with Crippen LogP contribution in [0.15, 0.2) is 164 Å². The molecule has 0 amide bonds. The summed E-state index contributed by atoms with van der Waals surface area (Å²) in [5.41, 5.74) is 9.63. The number of aryl methyl sites for hydroxylation is 1. The second kappa shape index (κ2) is 11.0. The molecule has 11 rings (SSSR count). The lowest BCUT2D eigenvalue weighted by Gasteiger charge is -2.38. The topological polar surface area (TPSA) is 32.3 Å². The van der Waals surface area contributed by atoms with Crippen LogP contribution in [0.4, 0.5) is 28.7 Å². The zero-order valence-electron chi connectivity index (χ0n) is 29.7. The molecule has 0 N–H and O–H groups in total. The predicted octanol–water partition coefficient (Wildman–Crippen LogP) is 12.6. The first-order valence-electron chi connectivity index (χ1n) is 18.5. The molecule has 252 valence electrons. The Hall–Kier alpha value is -6.52. The summed E-state index contributed by atoms with van der Waals surface area (Å²) in [5, 5.41) is 7.45. The number of aromatic nitrogens is 2. The molecule has 8 aromatic rings. The van der Waals surface area contributed by atoms with E-state index in [1.165, 1.54) is 60.3 Å². The first-order chi connectivity index (χ1) is 26.0. The van der Waals surface area contributed by atoms with E-state index in [-0.39, 0.29) is 10.8 Å². The minimum absolute atomic E-state index is 0.0460. The largest absolute Gasteiger partial charge is 0.294 e. The number of benzene rings is 6. The van der Waals surface area contributed by atoms with Gasteiger partial charge in [0, 0.05) is 45.1 Å². The number of allylic oxidation sites excluding steroid dienone is 2. The van der Waals surface area contributed by atoms with Crippen molar-refractivity contribution in [3.8, 4) is 0 Å². The molecule has 0 bridgehead atoms. The first kappa shape index (κ1) is 30.1. The van der Waals surface area contributed by atoms with Crippen LogP contribution in [0.25, 0.3) is 44.1 Å². The van der Waals surface area contributed by atoms with Gasteiger partial charge in [0.1, 0.15) is 11.6 Å². The summed E-state index contributed by atoms with van der Waals surface area (Å²) >= 11 is 0. The van der Waals surface area contributed by atoms with Gasteiger partial charge >= 0.3 is 0 Å². The van der Waals surface area contributed by atoms with Gasteiger partial charge in [-0.05, 0) is 88.5 Å². The van der Waals surface area contributed by atoms with Gasteiger partial charge in [-0.1, -0.05) is 122 Å². The third-order valence-electron chi connectivity index (χ3n) is 12.0. The van der Waals surface area contributed by atoms with E-state index in [1.54, 1.807) is 0 Å². The maximum atomic E-state index is 4.98. The number of rotatable bonds is 6. The Labute approximate surface area is 309 Å². The van der Waals surface area contributed by atoms with Gasteiger partial charge in [-0.2, -0.15) is 0 Å². The highest BCUT2D eigenvalue weighted by Crippen LogP contribution is 2.73. The van der Waals surface area contributed by atoms with Gasteiger partial charge < -0.3 is 0 Å². The highest BCUT2D eigenvalue weighted by atomic mass is 15.2. The van der Waals surface area contributed by atoms with Crippen LogP contribution < -0.4 is 9.80 Å². The van der Waals surface area contributed by atoms with E-state index < -0.39 is 0 Å². The Morgan fingerprint density at radius 3 is 1.85 bits per heavy atom. The molecule has 0 radical (unpaired) electrons. The van der Waals surface area contributed by atoms with Crippen molar-refractivity contribution in [2.24, 2.45) is 5.41 Å². The van der Waals surface area contributed by atoms with Crippen molar-refractivity contribution < 1.29 is 0 Å². The molecule has 3 aliphatic rings. The van der Waals surface area contributed by atoms with Crippen molar-refractivity contribution in [1.29, 1.82) is 0 Å². The van der Waals surface area contributed by atoms with E-state index in [2.05, 4.69) is 169 Å². The number of hydrogen-bond donors (Lipinski definition) is 0. The Morgan fingerprint density at radius 1 is 0.585 bits per heavy atom. The van der Waals surface area contributed by atoms with Gasteiger partial charge in [0.15, 0.2) is 0 Å². The number of pyridine rings is 2. The van der Waals surface area contributed by atoms with Crippen LogP contribution in [0, 0.1) is 12.3 Å². The highest BCUT2D eigenvalue weighted by molar-refractivity contribution is 6.11. The molecular weight excluding hydrogens is 645 g/mol. The Morgan fingerprint density at radius 2 is 1.19 bits per heavy atom. The van der Waals surface area contributed by atoms with Crippen molar-refractivity contribution >= 4 is 72.8 Å². The zero-order valence-corrected chi connectivity index (χ0v) is 29.7. The van der Waals surface area contributed by atoms with Gasteiger partial charge in [0.25, 0.3) is 0 Å². The fraction of sp³-hybridized carbons (Fsp3) is 0.102. The second-order valence-electron chi connectivity index (χ2n) is 15.0. The van der Waals surface area contributed by atoms with E-state index in [9.17, 15) is 0 Å². The van der Waals surface area contributed by atoms with Crippen LogP contribution in [0.5, 0.6) is 0 Å². The van der Waals surface area contributed by atoms with Gasteiger partial charge in [-0.25, -0.2) is 9.97 Å². The standard InChI is InChI=1S/C49H36N4/c1-32-29-42(52(44-21-7-9-27-50-44)40-19-11-15-33-13-3-5-17-36(33)40)38-25-26-49-31-48(49,2)30-43(39-24-23-35(32)46(38)47(39)49)53(45-22-8-10-28-51-45)41-20-12-16-34-14-4-6-18-37(34)41/h3-30H,31H2,1-2H3. The number of anilines is 5.